The summed E-state index contributed by atoms with van der Waals surface area (Å²) in [6, 6.07) is 11.1. The first kappa shape index (κ1) is 18.4. The van der Waals surface area contributed by atoms with Crippen LogP contribution < -0.4 is 9.47 Å². The van der Waals surface area contributed by atoms with Gasteiger partial charge in [-0.05, 0) is 48.7 Å². The number of carboxylic acid groups (broad SMARTS) is 1. The fraction of sp³-hybridized carbons (Fsp3) is 0.350. The fourth-order valence-electron chi connectivity index (χ4n) is 3.84. The minimum absolute atomic E-state index is 0.201. The van der Waals surface area contributed by atoms with Gasteiger partial charge in [-0.1, -0.05) is 41.4 Å². The molecule has 0 saturated carbocycles. The zero-order valence-corrected chi connectivity index (χ0v) is 16.0. The van der Waals surface area contributed by atoms with Crippen molar-refractivity contribution < 1.29 is 19.4 Å². The lowest BCUT2D eigenvalue weighted by atomic mass is 9.91. The summed E-state index contributed by atoms with van der Waals surface area (Å²) in [5.74, 6) is 0.230. The molecule has 27 heavy (non-hydrogen) atoms. The molecule has 142 valence electrons. The maximum Gasteiger partial charge on any atom is 0.307 e. The lowest BCUT2D eigenvalue weighted by molar-refractivity contribution is -0.143. The van der Waals surface area contributed by atoms with Gasteiger partial charge in [0.2, 0.25) is 6.79 Å². The third-order valence-electron chi connectivity index (χ3n) is 5.16. The van der Waals surface area contributed by atoms with Crippen molar-refractivity contribution in [3.63, 3.8) is 0 Å². The number of benzene rings is 2. The number of halogens is 2. The normalized spacial score (nSPS) is 20.4. The van der Waals surface area contributed by atoms with Gasteiger partial charge in [0.25, 0.3) is 0 Å². The minimum atomic E-state index is -0.763. The molecule has 0 aliphatic carbocycles. The van der Waals surface area contributed by atoms with Crippen molar-refractivity contribution in [1.82, 2.24) is 4.90 Å². The second-order valence-corrected chi connectivity index (χ2v) is 7.62. The van der Waals surface area contributed by atoms with Crippen LogP contribution in [0.25, 0.3) is 0 Å². The summed E-state index contributed by atoms with van der Waals surface area (Å²) >= 11 is 12.8. The van der Waals surface area contributed by atoms with Gasteiger partial charge in [-0.3, -0.25) is 9.69 Å². The van der Waals surface area contributed by atoms with Crippen molar-refractivity contribution >= 4 is 29.2 Å². The van der Waals surface area contributed by atoms with Crippen molar-refractivity contribution in [2.75, 3.05) is 19.9 Å². The molecular formula is C20H19Cl2NO4. The van der Waals surface area contributed by atoms with Crippen LogP contribution in [0.2, 0.25) is 10.0 Å². The Morgan fingerprint density at radius 2 is 2.00 bits per heavy atom. The van der Waals surface area contributed by atoms with Crippen LogP contribution >= 0.6 is 23.2 Å². The minimum Gasteiger partial charge on any atom is -0.481 e. The molecule has 2 atom stereocenters. The second kappa shape index (κ2) is 7.58. The molecule has 0 aromatic heterocycles. The number of carbonyl (C=O) groups is 1. The lowest BCUT2D eigenvalue weighted by Crippen LogP contribution is -2.41. The molecule has 2 aliphatic heterocycles. The fourth-order valence-corrected chi connectivity index (χ4v) is 4.26. The van der Waals surface area contributed by atoms with Gasteiger partial charge in [-0.15, -0.1) is 0 Å². The zero-order chi connectivity index (χ0) is 19.0. The monoisotopic (exact) mass is 407 g/mol. The number of aliphatic carboxylic acids is 1. The summed E-state index contributed by atoms with van der Waals surface area (Å²) in [7, 11) is 0. The number of hydrogen-bond donors (Lipinski definition) is 1. The summed E-state index contributed by atoms with van der Waals surface area (Å²) < 4.78 is 10.9. The van der Waals surface area contributed by atoms with E-state index in [0.717, 1.165) is 24.1 Å². The predicted molar refractivity (Wildman–Crippen MR) is 103 cm³/mol. The largest absolute Gasteiger partial charge is 0.481 e. The molecule has 2 aromatic rings. The van der Waals surface area contributed by atoms with Crippen LogP contribution in [-0.2, 0) is 4.79 Å². The number of nitrogens with zero attached hydrogens (tertiary/aromatic N) is 1. The first-order chi connectivity index (χ1) is 13.0. The van der Waals surface area contributed by atoms with E-state index in [4.69, 9.17) is 32.7 Å². The Labute approximate surface area is 167 Å². The van der Waals surface area contributed by atoms with Gasteiger partial charge in [0.05, 0.1) is 22.0 Å². The number of hydrogen-bond acceptors (Lipinski definition) is 4. The first-order valence-electron chi connectivity index (χ1n) is 8.85. The maximum atomic E-state index is 11.6. The van der Waals surface area contributed by atoms with Crippen molar-refractivity contribution in [2.45, 2.75) is 18.9 Å². The van der Waals surface area contributed by atoms with E-state index < -0.39 is 11.9 Å². The molecule has 7 heteroatoms. The van der Waals surface area contributed by atoms with Crippen molar-refractivity contribution in [1.29, 1.82) is 0 Å². The Balaban J connectivity index is 1.78. The van der Waals surface area contributed by atoms with Crippen molar-refractivity contribution in [3.05, 3.63) is 57.6 Å². The van der Waals surface area contributed by atoms with Crippen molar-refractivity contribution in [3.8, 4) is 11.5 Å². The zero-order valence-electron chi connectivity index (χ0n) is 14.5. The lowest BCUT2D eigenvalue weighted by Gasteiger charge is -2.38. The predicted octanol–water partition coefficient (Wildman–Crippen LogP) is 4.61. The van der Waals surface area contributed by atoms with Gasteiger partial charge in [0.15, 0.2) is 11.5 Å². The summed E-state index contributed by atoms with van der Waals surface area (Å²) in [6.45, 7) is 1.44. The first-order valence-corrected chi connectivity index (χ1v) is 9.60. The molecule has 2 heterocycles. The Kier molecular flexibility index (Phi) is 5.17. The highest BCUT2D eigenvalue weighted by Crippen LogP contribution is 2.42. The number of likely N-dealkylation sites (tertiary alicyclic amines) is 1. The average Bonchev–Trinajstić information content (AvgIpc) is 3.13. The van der Waals surface area contributed by atoms with Gasteiger partial charge < -0.3 is 14.6 Å². The van der Waals surface area contributed by atoms with Crippen LogP contribution in [0, 0.1) is 5.92 Å². The number of carboxylic acids is 1. The number of ether oxygens (including phenoxy) is 2. The van der Waals surface area contributed by atoms with E-state index in [9.17, 15) is 9.90 Å². The topological polar surface area (TPSA) is 59.0 Å². The molecule has 0 radical (unpaired) electrons. The third kappa shape index (κ3) is 3.59. The molecule has 0 amide bonds. The molecule has 0 bridgehead atoms. The van der Waals surface area contributed by atoms with E-state index in [-0.39, 0.29) is 12.8 Å². The third-order valence-corrected chi connectivity index (χ3v) is 5.99. The quantitative estimate of drug-likeness (QED) is 0.801. The Hall–Kier alpha value is -1.95. The summed E-state index contributed by atoms with van der Waals surface area (Å²) in [6.07, 6.45) is 1.50. The summed E-state index contributed by atoms with van der Waals surface area (Å²) in [4.78, 5) is 13.7. The van der Waals surface area contributed by atoms with Gasteiger partial charge in [0, 0.05) is 6.54 Å². The van der Waals surface area contributed by atoms with E-state index in [1.807, 2.05) is 30.3 Å². The molecule has 1 saturated heterocycles. The molecule has 4 rings (SSSR count). The molecular weight excluding hydrogens is 389 g/mol. The van der Waals surface area contributed by atoms with Crippen molar-refractivity contribution in [2.24, 2.45) is 5.92 Å². The number of piperidine rings is 1. The molecule has 1 fully saturated rings. The highest BCUT2D eigenvalue weighted by atomic mass is 35.5. The average molecular weight is 408 g/mol. The SMILES string of the molecule is O=C(O)C1CCCN(C(c2ccc3c(c2)OCO3)c2cccc(Cl)c2Cl)C1. The van der Waals surface area contributed by atoms with Crippen LogP contribution in [0.3, 0.4) is 0 Å². The van der Waals surface area contributed by atoms with Crippen LogP contribution in [0.1, 0.15) is 30.0 Å². The van der Waals surface area contributed by atoms with E-state index in [1.54, 1.807) is 6.07 Å². The van der Waals surface area contributed by atoms with Gasteiger partial charge >= 0.3 is 5.97 Å². The van der Waals surface area contributed by atoms with Gasteiger partial charge in [-0.25, -0.2) is 0 Å². The van der Waals surface area contributed by atoms with Crippen LogP contribution in [0.4, 0.5) is 0 Å². The summed E-state index contributed by atoms with van der Waals surface area (Å²) in [5, 5.41) is 10.5. The Bertz CT molecular complexity index is 873. The van der Waals surface area contributed by atoms with E-state index >= 15 is 0 Å². The smallest absolute Gasteiger partial charge is 0.307 e. The number of rotatable bonds is 4. The second-order valence-electron chi connectivity index (χ2n) is 6.83. The number of fused-ring (bicyclic) bond motifs is 1. The van der Waals surface area contributed by atoms with E-state index in [1.165, 1.54) is 0 Å². The standard InChI is InChI=1S/C20H19Cl2NO4/c21-15-5-1-4-14(18(15)22)19(23-8-2-3-13(10-23)20(24)25)12-6-7-16-17(9-12)27-11-26-16/h1,4-7,9,13,19H,2-3,8,10-11H2,(H,24,25). The molecule has 5 nitrogen and oxygen atoms in total. The van der Waals surface area contributed by atoms with Gasteiger partial charge in [0.1, 0.15) is 0 Å². The molecule has 0 spiro atoms. The highest BCUT2D eigenvalue weighted by molar-refractivity contribution is 6.42. The maximum absolute atomic E-state index is 11.6. The Morgan fingerprint density at radius 3 is 2.81 bits per heavy atom. The van der Waals surface area contributed by atoms with E-state index in [2.05, 4.69) is 4.90 Å². The molecule has 1 N–H and O–H groups in total. The van der Waals surface area contributed by atoms with E-state index in [0.29, 0.717) is 34.5 Å². The van der Waals surface area contributed by atoms with Gasteiger partial charge in [-0.2, -0.15) is 0 Å². The molecule has 2 aliphatic rings. The highest BCUT2D eigenvalue weighted by Gasteiger charge is 2.33. The summed E-state index contributed by atoms with van der Waals surface area (Å²) in [5.41, 5.74) is 1.82. The Morgan fingerprint density at radius 1 is 1.19 bits per heavy atom. The van der Waals surface area contributed by atoms with Crippen LogP contribution in [-0.4, -0.2) is 35.9 Å². The molecule has 2 aromatic carbocycles. The molecule has 2 unspecified atom stereocenters. The van der Waals surface area contributed by atoms with Crippen LogP contribution in [0.5, 0.6) is 11.5 Å². The van der Waals surface area contributed by atoms with Crippen LogP contribution in [0.15, 0.2) is 36.4 Å².